The van der Waals surface area contributed by atoms with Gasteiger partial charge in [0.15, 0.2) is 11.2 Å². The van der Waals surface area contributed by atoms with Crippen LogP contribution in [0.2, 0.25) is 0 Å². The van der Waals surface area contributed by atoms with Crippen molar-refractivity contribution in [2.45, 2.75) is 0 Å². The van der Waals surface area contributed by atoms with Gasteiger partial charge in [0.05, 0.1) is 0 Å². The molecule has 0 N–H and O–H groups in total. The molecule has 0 amide bonds. The molecule has 0 bridgehead atoms. The van der Waals surface area contributed by atoms with E-state index in [0.29, 0.717) is 0 Å². The van der Waals surface area contributed by atoms with Crippen molar-refractivity contribution in [3.05, 3.63) is 170 Å². The van der Waals surface area contributed by atoms with Crippen LogP contribution in [0.1, 0.15) is 0 Å². The number of aromatic nitrogens is 2. The Morgan fingerprint density at radius 1 is 0.320 bits per heavy atom. The smallest absolute Gasteiger partial charge is 0.161 e. The zero-order valence-electron chi connectivity index (χ0n) is 26.9. The van der Waals surface area contributed by atoms with Gasteiger partial charge in [0.25, 0.3) is 0 Å². The van der Waals surface area contributed by atoms with E-state index in [4.69, 9.17) is 18.8 Å². The number of pyridine rings is 2. The molecule has 10 rings (SSSR count). The number of fused-ring (bicyclic) bond motifs is 6. The highest BCUT2D eigenvalue weighted by atomic mass is 16.3. The molecule has 4 heteroatoms. The number of benzene rings is 6. The van der Waals surface area contributed by atoms with Gasteiger partial charge in [-0.2, -0.15) is 0 Å². The number of furan rings is 2. The lowest BCUT2D eigenvalue weighted by atomic mass is 9.97. The van der Waals surface area contributed by atoms with Gasteiger partial charge in [-0.25, -0.2) is 0 Å². The van der Waals surface area contributed by atoms with Crippen LogP contribution in [0.25, 0.3) is 99.8 Å². The molecule has 0 atom stereocenters. The second-order valence-electron chi connectivity index (χ2n) is 12.6. The van der Waals surface area contributed by atoms with Crippen molar-refractivity contribution in [2.75, 3.05) is 0 Å². The van der Waals surface area contributed by atoms with Crippen LogP contribution < -0.4 is 0 Å². The molecule has 4 aromatic heterocycles. The van der Waals surface area contributed by atoms with Gasteiger partial charge >= 0.3 is 0 Å². The molecule has 4 heterocycles. The van der Waals surface area contributed by atoms with Crippen LogP contribution >= 0.6 is 0 Å². The molecule has 50 heavy (non-hydrogen) atoms. The minimum atomic E-state index is 0.801. The van der Waals surface area contributed by atoms with Crippen LogP contribution in [0.5, 0.6) is 0 Å². The number of hydrogen-bond donors (Lipinski definition) is 0. The van der Waals surface area contributed by atoms with E-state index in [1.54, 1.807) is 0 Å². The van der Waals surface area contributed by atoms with Crippen LogP contribution in [0.15, 0.2) is 179 Å². The topological polar surface area (TPSA) is 52.1 Å². The SMILES string of the molecule is c1ccc(-c2ccc3oc4c(-c5ccc(-c6ccc(-c7ccnc8c7oc7ccc(-c9ccccc9)cc78)cc6)cc5)ccnc4c3c2)cc1. The maximum atomic E-state index is 6.40. The van der Waals surface area contributed by atoms with Gasteiger partial charge in [-0.3, -0.25) is 9.97 Å². The maximum absolute atomic E-state index is 6.40. The fraction of sp³-hybridized carbons (Fsp3) is 0. The summed E-state index contributed by atoms with van der Waals surface area (Å²) in [6, 6.07) is 54.8. The Morgan fingerprint density at radius 3 is 1.10 bits per heavy atom. The fourth-order valence-electron chi connectivity index (χ4n) is 7.07. The second kappa shape index (κ2) is 11.4. The molecule has 0 radical (unpaired) electrons. The van der Waals surface area contributed by atoms with Gasteiger partial charge in [0.1, 0.15) is 22.2 Å². The van der Waals surface area contributed by atoms with E-state index in [2.05, 4.69) is 121 Å². The van der Waals surface area contributed by atoms with Gasteiger partial charge in [-0.05, 0) is 80.9 Å². The first-order chi connectivity index (χ1) is 24.8. The Hall–Kier alpha value is -6.78. The average Bonchev–Trinajstić information content (AvgIpc) is 3.77. The third kappa shape index (κ3) is 4.69. The summed E-state index contributed by atoms with van der Waals surface area (Å²) in [4.78, 5) is 9.46. The summed E-state index contributed by atoms with van der Waals surface area (Å²) in [5, 5.41) is 2.04. The van der Waals surface area contributed by atoms with Crippen LogP contribution in [0, 0.1) is 0 Å². The molecule has 0 saturated heterocycles. The van der Waals surface area contributed by atoms with Crippen molar-refractivity contribution >= 4 is 44.1 Å². The normalized spacial score (nSPS) is 11.6. The van der Waals surface area contributed by atoms with Crippen molar-refractivity contribution < 1.29 is 8.83 Å². The van der Waals surface area contributed by atoms with Crippen molar-refractivity contribution in [1.29, 1.82) is 0 Å². The lowest BCUT2D eigenvalue weighted by Gasteiger charge is -2.07. The van der Waals surface area contributed by atoms with E-state index in [0.717, 1.165) is 88.6 Å². The average molecular weight is 641 g/mol. The summed E-state index contributed by atoms with van der Waals surface area (Å²) < 4.78 is 12.8. The Kier molecular flexibility index (Phi) is 6.46. The van der Waals surface area contributed by atoms with E-state index < -0.39 is 0 Å². The fourth-order valence-corrected chi connectivity index (χ4v) is 7.07. The van der Waals surface area contributed by atoms with Gasteiger partial charge in [0.2, 0.25) is 0 Å². The molecule has 0 fully saturated rings. The zero-order chi connectivity index (χ0) is 33.0. The molecule has 234 valence electrons. The standard InChI is InChI=1S/C46H28N2O2/c1-3-7-29(8-4-1)35-19-21-41-39(27-35)43-45(49-41)37(23-25-47-43)33-15-11-31(12-16-33)32-13-17-34(18-14-32)38-24-26-48-44-40-28-36(30-9-5-2-6-10-30)20-22-42(40)50-46(38)44/h1-28H. The van der Waals surface area contributed by atoms with E-state index in [-0.39, 0.29) is 0 Å². The zero-order valence-corrected chi connectivity index (χ0v) is 26.9. The maximum Gasteiger partial charge on any atom is 0.161 e. The molecular weight excluding hydrogens is 613 g/mol. The van der Waals surface area contributed by atoms with Gasteiger partial charge in [0, 0.05) is 34.3 Å². The third-order valence-corrected chi connectivity index (χ3v) is 9.64. The predicted octanol–water partition coefficient (Wildman–Crippen LogP) is 12.6. The lowest BCUT2D eigenvalue weighted by Crippen LogP contribution is -1.84. The molecule has 0 saturated carbocycles. The Morgan fingerprint density at radius 2 is 0.680 bits per heavy atom. The van der Waals surface area contributed by atoms with E-state index in [9.17, 15) is 0 Å². The third-order valence-electron chi connectivity index (χ3n) is 9.64. The monoisotopic (exact) mass is 640 g/mol. The minimum absolute atomic E-state index is 0.801. The molecule has 6 aromatic carbocycles. The van der Waals surface area contributed by atoms with E-state index in [1.807, 2.05) is 48.8 Å². The quantitative estimate of drug-likeness (QED) is 0.188. The molecule has 4 nitrogen and oxygen atoms in total. The summed E-state index contributed by atoms with van der Waals surface area (Å²) in [6.45, 7) is 0. The molecule has 0 aliphatic heterocycles. The Labute approximate surface area is 287 Å². The van der Waals surface area contributed by atoms with Crippen molar-refractivity contribution in [1.82, 2.24) is 9.97 Å². The second-order valence-corrected chi connectivity index (χ2v) is 12.6. The first kappa shape index (κ1) is 28.3. The van der Waals surface area contributed by atoms with Crippen LogP contribution in [0.4, 0.5) is 0 Å². The molecule has 0 unspecified atom stereocenters. The molecule has 0 aliphatic rings. The number of hydrogen-bond acceptors (Lipinski definition) is 4. The van der Waals surface area contributed by atoms with E-state index in [1.165, 1.54) is 11.1 Å². The van der Waals surface area contributed by atoms with Crippen LogP contribution in [-0.2, 0) is 0 Å². The molecule has 0 spiro atoms. The first-order valence-corrected chi connectivity index (χ1v) is 16.7. The van der Waals surface area contributed by atoms with E-state index >= 15 is 0 Å². The van der Waals surface area contributed by atoms with Gasteiger partial charge in [-0.15, -0.1) is 0 Å². The van der Waals surface area contributed by atoms with Crippen molar-refractivity contribution in [3.8, 4) is 55.6 Å². The van der Waals surface area contributed by atoms with Gasteiger partial charge in [-0.1, -0.05) is 121 Å². The summed E-state index contributed by atoms with van der Waals surface area (Å²) in [6.07, 6.45) is 3.74. The summed E-state index contributed by atoms with van der Waals surface area (Å²) in [5.41, 5.74) is 16.2. The Balaban J connectivity index is 0.958. The largest absolute Gasteiger partial charge is 0.454 e. The van der Waals surface area contributed by atoms with Crippen molar-refractivity contribution in [3.63, 3.8) is 0 Å². The summed E-state index contributed by atoms with van der Waals surface area (Å²) in [7, 11) is 0. The number of rotatable bonds is 5. The molecular formula is C46H28N2O2. The first-order valence-electron chi connectivity index (χ1n) is 16.7. The van der Waals surface area contributed by atoms with Gasteiger partial charge < -0.3 is 8.83 Å². The summed E-state index contributed by atoms with van der Waals surface area (Å²) >= 11 is 0. The highest BCUT2D eigenvalue weighted by Crippen LogP contribution is 2.39. The highest BCUT2D eigenvalue weighted by Gasteiger charge is 2.16. The van der Waals surface area contributed by atoms with Crippen LogP contribution in [-0.4, -0.2) is 9.97 Å². The highest BCUT2D eigenvalue weighted by molar-refractivity contribution is 6.09. The lowest BCUT2D eigenvalue weighted by molar-refractivity contribution is 0.669. The molecule has 0 aliphatic carbocycles. The van der Waals surface area contributed by atoms with Crippen LogP contribution in [0.3, 0.4) is 0 Å². The minimum Gasteiger partial charge on any atom is -0.454 e. The van der Waals surface area contributed by atoms with Crippen molar-refractivity contribution in [2.24, 2.45) is 0 Å². The predicted molar refractivity (Wildman–Crippen MR) is 204 cm³/mol. The summed E-state index contributed by atoms with van der Waals surface area (Å²) in [5.74, 6) is 0. The molecule has 10 aromatic rings. The Bertz CT molecular complexity index is 2630. The number of nitrogens with zero attached hydrogens (tertiary/aromatic N) is 2.